The third-order valence-electron chi connectivity index (χ3n) is 2.54. The van der Waals surface area contributed by atoms with Crippen LogP contribution >= 0.6 is 8.38 Å². The molecule has 5 nitrogen and oxygen atoms in total. The molecule has 1 unspecified atom stereocenters. The standard InChI is InChI=1S/C10H13N2O3P/c13-10-6-11-9(5-12-10)7-1-3-8(4-2-7)16(14)15/h1-4,9,11,14-15H,5-6H2,(H,12,13). The van der Waals surface area contributed by atoms with Crippen LogP contribution in [0.2, 0.25) is 0 Å². The van der Waals surface area contributed by atoms with Crippen LogP contribution in [0.4, 0.5) is 0 Å². The van der Waals surface area contributed by atoms with Crippen LogP contribution in [-0.2, 0) is 4.79 Å². The normalized spacial score (nSPS) is 20.9. The number of piperazine rings is 1. The van der Waals surface area contributed by atoms with Crippen LogP contribution in [0.15, 0.2) is 24.3 Å². The lowest BCUT2D eigenvalue weighted by Crippen LogP contribution is -2.46. The average molecular weight is 240 g/mol. The first kappa shape index (κ1) is 11.5. The number of carbonyl (C=O) groups is 1. The monoisotopic (exact) mass is 240 g/mol. The molecule has 0 saturated carbocycles. The van der Waals surface area contributed by atoms with Crippen molar-refractivity contribution in [3.8, 4) is 0 Å². The number of benzene rings is 1. The highest BCUT2D eigenvalue weighted by Gasteiger charge is 2.18. The second kappa shape index (κ2) is 4.89. The molecule has 0 radical (unpaired) electrons. The molecule has 1 aromatic rings. The summed E-state index contributed by atoms with van der Waals surface area (Å²) >= 11 is 0. The molecule has 6 heteroatoms. The minimum atomic E-state index is -2.02. The van der Waals surface area contributed by atoms with Gasteiger partial charge in [-0.05, 0) is 17.7 Å². The summed E-state index contributed by atoms with van der Waals surface area (Å²) in [5.41, 5.74) is 1.03. The molecule has 1 fully saturated rings. The van der Waals surface area contributed by atoms with Crippen molar-refractivity contribution in [1.29, 1.82) is 0 Å². The maximum absolute atomic E-state index is 10.9. The van der Waals surface area contributed by atoms with Crippen LogP contribution < -0.4 is 15.9 Å². The molecule has 1 aromatic carbocycles. The van der Waals surface area contributed by atoms with E-state index in [1.807, 2.05) is 12.1 Å². The van der Waals surface area contributed by atoms with Gasteiger partial charge >= 0.3 is 0 Å². The molecule has 0 aromatic heterocycles. The highest BCUT2D eigenvalue weighted by molar-refractivity contribution is 7.54. The third-order valence-corrected chi connectivity index (χ3v) is 3.30. The molecule has 1 aliphatic heterocycles. The van der Waals surface area contributed by atoms with Crippen LogP contribution in [0.25, 0.3) is 0 Å². The lowest BCUT2D eigenvalue weighted by molar-refractivity contribution is -0.121. The average Bonchev–Trinajstić information content (AvgIpc) is 2.30. The number of nitrogens with one attached hydrogen (secondary N) is 2. The van der Waals surface area contributed by atoms with Gasteiger partial charge in [-0.3, -0.25) is 10.1 Å². The molecule has 0 bridgehead atoms. The molecule has 1 amide bonds. The Kier molecular flexibility index (Phi) is 3.51. The Labute approximate surface area is 94.4 Å². The summed E-state index contributed by atoms with van der Waals surface area (Å²) in [5, 5.41) is 6.40. The Hall–Kier alpha value is -1.00. The van der Waals surface area contributed by atoms with Gasteiger partial charge < -0.3 is 15.1 Å². The summed E-state index contributed by atoms with van der Waals surface area (Å²) in [6.45, 7) is 0.879. The van der Waals surface area contributed by atoms with Crippen molar-refractivity contribution in [2.24, 2.45) is 0 Å². The maximum atomic E-state index is 10.9. The summed E-state index contributed by atoms with van der Waals surface area (Å²) in [6.07, 6.45) is 0. The molecule has 86 valence electrons. The number of hydrogen-bond donors (Lipinski definition) is 4. The van der Waals surface area contributed by atoms with Gasteiger partial charge in [-0.1, -0.05) is 12.1 Å². The van der Waals surface area contributed by atoms with E-state index in [0.29, 0.717) is 18.4 Å². The molecule has 1 aliphatic rings. The Bertz CT molecular complexity index is 370. The van der Waals surface area contributed by atoms with Crippen LogP contribution in [0.5, 0.6) is 0 Å². The summed E-state index contributed by atoms with van der Waals surface area (Å²) in [6, 6.07) is 7.16. The van der Waals surface area contributed by atoms with Crippen LogP contribution in [0.1, 0.15) is 11.6 Å². The van der Waals surface area contributed by atoms with Gasteiger partial charge in [0, 0.05) is 11.8 Å². The minimum Gasteiger partial charge on any atom is -0.353 e. The molecule has 0 aliphatic carbocycles. The van der Waals surface area contributed by atoms with E-state index in [1.54, 1.807) is 12.1 Å². The quantitative estimate of drug-likeness (QED) is 0.519. The third kappa shape index (κ3) is 2.57. The Morgan fingerprint density at radius 3 is 2.44 bits per heavy atom. The van der Waals surface area contributed by atoms with Crippen LogP contribution in [-0.4, -0.2) is 28.8 Å². The highest BCUT2D eigenvalue weighted by atomic mass is 31.2. The highest BCUT2D eigenvalue weighted by Crippen LogP contribution is 2.23. The van der Waals surface area contributed by atoms with Gasteiger partial charge in [0.1, 0.15) is 0 Å². The van der Waals surface area contributed by atoms with E-state index in [2.05, 4.69) is 10.6 Å². The largest absolute Gasteiger partial charge is 0.353 e. The SMILES string of the molecule is O=C1CNC(c2ccc(P(O)O)cc2)CN1. The second-order valence-corrected chi connectivity index (χ2v) is 4.71. The molecule has 16 heavy (non-hydrogen) atoms. The molecule has 1 heterocycles. The zero-order valence-corrected chi connectivity index (χ0v) is 9.45. The van der Waals surface area contributed by atoms with E-state index in [9.17, 15) is 4.79 Å². The Morgan fingerprint density at radius 2 is 1.94 bits per heavy atom. The zero-order chi connectivity index (χ0) is 11.5. The van der Waals surface area contributed by atoms with E-state index >= 15 is 0 Å². The molecule has 2 rings (SSSR count). The second-order valence-electron chi connectivity index (χ2n) is 3.62. The predicted molar refractivity (Wildman–Crippen MR) is 61.2 cm³/mol. The molecule has 4 N–H and O–H groups in total. The smallest absolute Gasteiger partial charge is 0.234 e. The van der Waals surface area contributed by atoms with Gasteiger partial charge in [0.05, 0.1) is 12.6 Å². The number of hydrogen-bond acceptors (Lipinski definition) is 4. The van der Waals surface area contributed by atoms with Gasteiger partial charge in [0.2, 0.25) is 5.91 Å². The van der Waals surface area contributed by atoms with Crippen molar-refractivity contribution < 1.29 is 14.6 Å². The van der Waals surface area contributed by atoms with Crippen molar-refractivity contribution in [3.05, 3.63) is 29.8 Å². The number of rotatable bonds is 2. The molecular formula is C10H13N2O3P. The molecular weight excluding hydrogens is 227 g/mol. The van der Waals surface area contributed by atoms with Gasteiger partial charge in [0.15, 0.2) is 8.38 Å². The Balaban J connectivity index is 2.07. The predicted octanol–water partition coefficient (Wildman–Crippen LogP) is -0.631. The minimum absolute atomic E-state index is 0.00195. The van der Waals surface area contributed by atoms with Crippen LogP contribution in [0, 0.1) is 0 Å². The summed E-state index contributed by atoms with van der Waals surface area (Å²) < 4.78 is 0. The van der Waals surface area contributed by atoms with Crippen molar-refractivity contribution >= 4 is 19.6 Å². The van der Waals surface area contributed by atoms with E-state index < -0.39 is 8.38 Å². The lowest BCUT2D eigenvalue weighted by Gasteiger charge is -2.24. The van der Waals surface area contributed by atoms with Gasteiger partial charge in [-0.25, -0.2) is 0 Å². The lowest BCUT2D eigenvalue weighted by atomic mass is 10.1. The van der Waals surface area contributed by atoms with Crippen molar-refractivity contribution in [3.63, 3.8) is 0 Å². The van der Waals surface area contributed by atoms with Crippen molar-refractivity contribution in [2.45, 2.75) is 6.04 Å². The number of carbonyl (C=O) groups excluding carboxylic acids is 1. The molecule has 1 atom stereocenters. The Morgan fingerprint density at radius 1 is 1.25 bits per heavy atom. The molecule has 1 saturated heterocycles. The first-order chi connectivity index (χ1) is 7.66. The zero-order valence-electron chi connectivity index (χ0n) is 8.55. The maximum Gasteiger partial charge on any atom is 0.234 e. The summed E-state index contributed by atoms with van der Waals surface area (Å²) in [4.78, 5) is 29.0. The van der Waals surface area contributed by atoms with E-state index in [0.717, 1.165) is 5.56 Å². The first-order valence-electron chi connectivity index (χ1n) is 4.95. The van der Waals surface area contributed by atoms with Gasteiger partial charge in [-0.15, -0.1) is 0 Å². The van der Waals surface area contributed by atoms with E-state index in [4.69, 9.17) is 9.79 Å². The van der Waals surface area contributed by atoms with E-state index in [1.165, 1.54) is 0 Å². The fraction of sp³-hybridized carbons (Fsp3) is 0.300. The van der Waals surface area contributed by atoms with Crippen LogP contribution in [0.3, 0.4) is 0 Å². The summed E-state index contributed by atoms with van der Waals surface area (Å²) in [5.74, 6) is 0.00195. The van der Waals surface area contributed by atoms with Gasteiger partial charge in [-0.2, -0.15) is 0 Å². The molecule has 0 spiro atoms. The fourth-order valence-electron chi connectivity index (χ4n) is 1.64. The summed E-state index contributed by atoms with van der Waals surface area (Å²) in [7, 11) is -2.02. The van der Waals surface area contributed by atoms with Crippen molar-refractivity contribution in [2.75, 3.05) is 13.1 Å². The fourth-order valence-corrected chi connectivity index (χ4v) is 2.06. The topological polar surface area (TPSA) is 81.6 Å². The van der Waals surface area contributed by atoms with Gasteiger partial charge in [0.25, 0.3) is 0 Å². The van der Waals surface area contributed by atoms with Crippen molar-refractivity contribution in [1.82, 2.24) is 10.6 Å². The number of amides is 1. The van der Waals surface area contributed by atoms with E-state index in [-0.39, 0.29) is 11.9 Å². The first-order valence-corrected chi connectivity index (χ1v) is 6.19.